The number of ether oxygens (including phenoxy) is 1. The van der Waals surface area contributed by atoms with Crippen molar-refractivity contribution < 1.29 is 9.53 Å². The maximum absolute atomic E-state index is 12.3. The number of hydrogen-bond acceptors (Lipinski definition) is 5. The minimum atomic E-state index is -0.435. The third-order valence-corrected chi connectivity index (χ3v) is 4.38. The molecule has 0 saturated carbocycles. The van der Waals surface area contributed by atoms with Crippen molar-refractivity contribution >= 4 is 17.1 Å². The molecule has 0 fully saturated rings. The first-order valence-electron chi connectivity index (χ1n) is 8.31. The summed E-state index contributed by atoms with van der Waals surface area (Å²) < 4.78 is 9.21. The maximum atomic E-state index is 12.3. The zero-order chi connectivity index (χ0) is 18.8. The lowest BCUT2D eigenvalue weighted by atomic mass is 10.1. The fourth-order valence-corrected chi connectivity index (χ4v) is 2.76. The molecule has 2 aromatic heterocycles. The van der Waals surface area contributed by atoms with E-state index in [4.69, 9.17) is 4.74 Å². The van der Waals surface area contributed by atoms with E-state index in [0.29, 0.717) is 16.7 Å². The van der Waals surface area contributed by atoms with Crippen LogP contribution in [0.2, 0.25) is 0 Å². The minimum Gasteiger partial charge on any atom is -0.460 e. The van der Waals surface area contributed by atoms with Crippen molar-refractivity contribution in [1.29, 1.82) is 0 Å². The van der Waals surface area contributed by atoms with Gasteiger partial charge in [-0.15, -0.1) is 0 Å². The quantitative estimate of drug-likeness (QED) is 0.633. The van der Waals surface area contributed by atoms with Crippen LogP contribution in [-0.2, 0) is 31.8 Å². The number of aromatic nitrogens is 4. The fourth-order valence-electron chi connectivity index (χ4n) is 2.76. The molecule has 0 atom stereocenters. The average Bonchev–Trinajstić information content (AvgIpc) is 3.08. The third-order valence-electron chi connectivity index (χ3n) is 4.38. The van der Waals surface area contributed by atoms with E-state index in [1.165, 1.54) is 17.9 Å². The molecule has 0 saturated heterocycles. The third kappa shape index (κ3) is 3.05. The Morgan fingerprint density at radius 1 is 1.12 bits per heavy atom. The SMILES string of the molecule is CCc1ccc(C(=O)OCCn2cnc3c2c(=O)n(C)c(=O)n3C)cc1. The Labute approximate surface area is 149 Å². The van der Waals surface area contributed by atoms with Gasteiger partial charge in [0.25, 0.3) is 5.56 Å². The molecule has 0 N–H and O–H groups in total. The number of aryl methyl sites for hydroxylation is 2. The van der Waals surface area contributed by atoms with Crippen LogP contribution in [0.3, 0.4) is 0 Å². The van der Waals surface area contributed by atoms with E-state index < -0.39 is 17.2 Å². The smallest absolute Gasteiger partial charge is 0.338 e. The molecule has 8 nitrogen and oxygen atoms in total. The van der Waals surface area contributed by atoms with Crippen LogP contribution in [-0.4, -0.2) is 31.3 Å². The van der Waals surface area contributed by atoms with Gasteiger partial charge in [-0.3, -0.25) is 13.9 Å². The summed E-state index contributed by atoms with van der Waals surface area (Å²) in [6, 6.07) is 7.26. The van der Waals surface area contributed by atoms with Crippen LogP contribution in [0.5, 0.6) is 0 Å². The van der Waals surface area contributed by atoms with Crippen molar-refractivity contribution in [3.63, 3.8) is 0 Å². The van der Waals surface area contributed by atoms with Crippen LogP contribution < -0.4 is 11.2 Å². The highest BCUT2D eigenvalue weighted by atomic mass is 16.5. The van der Waals surface area contributed by atoms with Crippen molar-refractivity contribution in [3.8, 4) is 0 Å². The Morgan fingerprint density at radius 3 is 2.46 bits per heavy atom. The van der Waals surface area contributed by atoms with Gasteiger partial charge in [-0.05, 0) is 24.1 Å². The second-order valence-corrected chi connectivity index (χ2v) is 6.00. The van der Waals surface area contributed by atoms with E-state index >= 15 is 0 Å². The van der Waals surface area contributed by atoms with Gasteiger partial charge in [-0.2, -0.15) is 0 Å². The van der Waals surface area contributed by atoms with Gasteiger partial charge in [0.15, 0.2) is 11.2 Å². The average molecular weight is 356 g/mol. The molecular weight excluding hydrogens is 336 g/mol. The van der Waals surface area contributed by atoms with Crippen LogP contribution in [0.1, 0.15) is 22.8 Å². The predicted molar refractivity (Wildman–Crippen MR) is 96.3 cm³/mol. The normalized spacial score (nSPS) is 11.0. The number of fused-ring (bicyclic) bond motifs is 1. The van der Waals surface area contributed by atoms with E-state index in [-0.39, 0.29) is 13.2 Å². The lowest BCUT2D eigenvalue weighted by Crippen LogP contribution is -2.37. The Bertz CT molecular complexity index is 1070. The minimum absolute atomic E-state index is 0.0891. The molecular formula is C18H20N4O4. The molecule has 3 rings (SSSR count). The van der Waals surface area contributed by atoms with Crippen LogP contribution in [0.15, 0.2) is 40.2 Å². The first-order chi connectivity index (χ1) is 12.4. The van der Waals surface area contributed by atoms with Crippen LogP contribution in [0.25, 0.3) is 11.2 Å². The molecule has 8 heteroatoms. The summed E-state index contributed by atoms with van der Waals surface area (Å²) >= 11 is 0. The highest BCUT2D eigenvalue weighted by molar-refractivity contribution is 5.89. The number of nitrogens with zero attached hydrogens (tertiary/aromatic N) is 4. The lowest BCUT2D eigenvalue weighted by Gasteiger charge is -2.08. The van der Waals surface area contributed by atoms with Crippen molar-refractivity contribution in [2.45, 2.75) is 19.9 Å². The molecule has 0 aliphatic carbocycles. The Hall–Kier alpha value is -3.16. The first-order valence-corrected chi connectivity index (χ1v) is 8.31. The number of carbonyl (C=O) groups is 1. The topological polar surface area (TPSA) is 88.1 Å². The number of imidazole rings is 1. The van der Waals surface area contributed by atoms with Gasteiger partial charge in [0.2, 0.25) is 0 Å². The largest absolute Gasteiger partial charge is 0.460 e. The fraction of sp³-hybridized carbons (Fsp3) is 0.333. The lowest BCUT2D eigenvalue weighted by molar-refractivity contribution is 0.0492. The van der Waals surface area contributed by atoms with E-state index in [9.17, 15) is 14.4 Å². The number of hydrogen-bond donors (Lipinski definition) is 0. The zero-order valence-corrected chi connectivity index (χ0v) is 14.9. The predicted octanol–water partition coefficient (Wildman–Crippen LogP) is 0.853. The van der Waals surface area contributed by atoms with Crippen molar-refractivity contribution in [3.05, 3.63) is 62.6 Å². The van der Waals surface area contributed by atoms with Gasteiger partial charge in [0.1, 0.15) is 6.61 Å². The Balaban J connectivity index is 1.75. The molecule has 0 aliphatic rings. The molecule has 0 bridgehead atoms. The molecule has 2 heterocycles. The van der Waals surface area contributed by atoms with E-state index in [1.54, 1.807) is 23.7 Å². The van der Waals surface area contributed by atoms with Crippen molar-refractivity contribution in [1.82, 2.24) is 18.7 Å². The zero-order valence-electron chi connectivity index (χ0n) is 14.9. The van der Waals surface area contributed by atoms with Crippen LogP contribution >= 0.6 is 0 Å². The maximum Gasteiger partial charge on any atom is 0.338 e. The highest BCUT2D eigenvalue weighted by Crippen LogP contribution is 2.08. The summed E-state index contributed by atoms with van der Waals surface area (Å²) in [6.07, 6.45) is 2.37. The summed E-state index contributed by atoms with van der Waals surface area (Å²) in [7, 11) is 2.98. The Morgan fingerprint density at radius 2 is 1.81 bits per heavy atom. The number of benzene rings is 1. The van der Waals surface area contributed by atoms with Gasteiger partial charge in [-0.25, -0.2) is 14.6 Å². The summed E-state index contributed by atoms with van der Waals surface area (Å²) in [5, 5.41) is 0. The molecule has 3 aromatic rings. The number of esters is 1. The number of rotatable bonds is 5. The molecule has 0 amide bonds. The van der Waals surface area contributed by atoms with E-state index in [2.05, 4.69) is 4.98 Å². The monoisotopic (exact) mass is 356 g/mol. The standard InChI is InChI=1S/C18H20N4O4/c1-4-12-5-7-13(8-6-12)17(24)26-10-9-22-11-19-15-14(22)16(23)21(3)18(25)20(15)2/h5-8,11H,4,9-10H2,1-3H3. The van der Waals surface area contributed by atoms with Gasteiger partial charge < -0.3 is 9.30 Å². The van der Waals surface area contributed by atoms with E-state index in [1.807, 2.05) is 19.1 Å². The highest BCUT2D eigenvalue weighted by Gasteiger charge is 2.14. The second-order valence-electron chi connectivity index (χ2n) is 6.00. The molecule has 0 radical (unpaired) electrons. The molecule has 0 aliphatic heterocycles. The van der Waals surface area contributed by atoms with Gasteiger partial charge in [0, 0.05) is 14.1 Å². The second kappa shape index (κ2) is 6.99. The van der Waals surface area contributed by atoms with Gasteiger partial charge in [-0.1, -0.05) is 19.1 Å². The summed E-state index contributed by atoms with van der Waals surface area (Å²) in [4.78, 5) is 40.5. The summed E-state index contributed by atoms with van der Waals surface area (Å²) in [6.45, 7) is 2.40. The molecule has 136 valence electrons. The van der Waals surface area contributed by atoms with Crippen molar-refractivity contribution in [2.24, 2.45) is 14.1 Å². The van der Waals surface area contributed by atoms with Gasteiger partial charge >= 0.3 is 11.7 Å². The van der Waals surface area contributed by atoms with Crippen LogP contribution in [0, 0.1) is 0 Å². The summed E-state index contributed by atoms with van der Waals surface area (Å²) in [5.74, 6) is -0.419. The Kier molecular flexibility index (Phi) is 4.75. The molecule has 26 heavy (non-hydrogen) atoms. The summed E-state index contributed by atoms with van der Waals surface area (Å²) in [5.41, 5.74) is 1.37. The van der Waals surface area contributed by atoms with E-state index in [0.717, 1.165) is 16.6 Å². The van der Waals surface area contributed by atoms with Crippen molar-refractivity contribution in [2.75, 3.05) is 6.61 Å². The first kappa shape index (κ1) is 17.7. The molecule has 0 unspecified atom stereocenters. The molecule has 0 spiro atoms. The van der Waals surface area contributed by atoms with Crippen LogP contribution in [0.4, 0.5) is 0 Å². The number of carbonyl (C=O) groups excluding carboxylic acids is 1. The van der Waals surface area contributed by atoms with Gasteiger partial charge in [0.05, 0.1) is 18.4 Å². The molecule has 1 aromatic carbocycles.